The maximum Gasteiger partial charge on any atom is 0.324 e. The van der Waals surface area contributed by atoms with Crippen LogP contribution in [0.15, 0.2) is 24.3 Å². The van der Waals surface area contributed by atoms with Crippen LogP contribution in [0.25, 0.3) is 0 Å². The quantitative estimate of drug-likeness (QED) is 0.568. The molecule has 3 rings (SSSR count). The van der Waals surface area contributed by atoms with Crippen LogP contribution in [-0.4, -0.2) is 50.7 Å². The van der Waals surface area contributed by atoms with Crippen LogP contribution in [0.1, 0.15) is 50.6 Å². The number of imide groups is 1. The van der Waals surface area contributed by atoms with Crippen molar-refractivity contribution in [3.05, 3.63) is 29.8 Å². The average molecular weight is 424 g/mol. The Bertz CT molecular complexity index is 838. The van der Waals surface area contributed by atoms with Crippen LogP contribution in [0.3, 0.4) is 0 Å². The van der Waals surface area contributed by atoms with E-state index in [1.807, 2.05) is 31.2 Å². The molecule has 29 heavy (non-hydrogen) atoms. The maximum absolute atomic E-state index is 12.5. The molecule has 8 nitrogen and oxygen atoms in total. The molecule has 3 amide bonds. The summed E-state index contributed by atoms with van der Waals surface area (Å²) < 4.78 is 33.6. The number of amides is 3. The molecule has 160 valence electrons. The van der Waals surface area contributed by atoms with E-state index in [2.05, 4.69) is 10.0 Å². The third-order valence-corrected chi connectivity index (χ3v) is 6.63. The lowest BCUT2D eigenvalue weighted by molar-refractivity contribution is -0.121. The highest BCUT2D eigenvalue weighted by Crippen LogP contribution is 2.30. The summed E-state index contributed by atoms with van der Waals surface area (Å²) in [4.78, 5) is 24.4. The fraction of sp³-hybridized carbons (Fsp3) is 0.600. The van der Waals surface area contributed by atoms with E-state index in [0.29, 0.717) is 38.5 Å². The largest absolute Gasteiger partial charge is 0.493 e. The summed E-state index contributed by atoms with van der Waals surface area (Å²) in [5.74, 6) is 1.03. The number of carbonyl (C=O) groups is 2. The minimum atomic E-state index is -3.51. The number of ether oxygens (including phenoxy) is 1. The Morgan fingerprint density at radius 3 is 2.79 bits per heavy atom. The molecule has 1 heterocycles. The van der Waals surface area contributed by atoms with Crippen molar-refractivity contribution in [2.45, 2.75) is 45.1 Å². The van der Waals surface area contributed by atoms with Crippen LogP contribution >= 0.6 is 0 Å². The zero-order valence-electron chi connectivity index (χ0n) is 16.7. The van der Waals surface area contributed by atoms with Gasteiger partial charge in [-0.1, -0.05) is 19.1 Å². The van der Waals surface area contributed by atoms with Gasteiger partial charge in [-0.05, 0) is 49.3 Å². The zero-order chi connectivity index (χ0) is 20.9. The van der Waals surface area contributed by atoms with Gasteiger partial charge in [-0.25, -0.2) is 17.9 Å². The van der Waals surface area contributed by atoms with Crippen molar-refractivity contribution >= 4 is 22.0 Å². The Kier molecular flexibility index (Phi) is 7.13. The van der Waals surface area contributed by atoms with Crippen molar-refractivity contribution in [3.8, 4) is 5.75 Å². The van der Waals surface area contributed by atoms with Crippen LogP contribution in [-0.2, 0) is 14.8 Å². The first kappa shape index (κ1) is 21.6. The molecule has 0 unspecified atom stereocenters. The molecule has 1 atom stereocenters. The second-order valence-electron chi connectivity index (χ2n) is 7.67. The van der Waals surface area contributed by atoms with Crippen molar-refractivity contribution in [1.29, 1.82) is 0 Å². The van der Waals surface area contributed by atoms with E-state index in [9.17, 15) is 18.0 Å². The Labute approximate surface area is 172 Å². The van der Waals surface area contributed by atoms with Crippen LogP contribution in [0.5, 0.6) is 5.75 Å². The number of rotatable bonds is 11. The summed E-state index contributed by atoms with van der Waals surface area (Å²) in [7, 11) is -3.51. The fourth-order valence-corrected chi connectivity index (χ4v) is 4.60. The molecule has 1 saturated heterocycles. The monoisotopic (exact) mass is 423 g/mol. The number of benzene rings is 1. The number of sulfonamides is 1. The van der Waals surface area contributed by atoms with Gasteiger partial charge in [0, 0.05) is 25.6 Å². The molecule has 0 aromatic heterocycles. The van der Waals surface area contributed by atoms with E-state index in [1.54, 1.807) is 0 Å². The van der Waals surface area contributed by atoms with Gasteiger partial charge < -0.3 is 9.64 Å². The molecule has 1 saturated carbocycles. The highest BCUT2D eigenvalue weighted by Gasteiger charge is 2.24. The molecule has 1 aromatic rings. The van der Waals surface area contributed by atoms with Gasteiger partial charge in [0.25, 0.3) is 0 Å². The topological polar surface area (TPSA) is 105 Å². The Morgan fingerprint density at radius 2 is 2.10 bits per heavy atom. The van der Waals surface area contributed by atoms with Crippen molar-refractivity contribution < 1.29 is 22.7 Å². The lowest BCUT2D eigenvalue weighted by Crippen LogP contribution is -2.49. The van der Waals surface area contributed by atoms with Gasteiger partial charge in [0.15, 0.2) is 0 Å². The van der Waals surface area contributed by atoms with Gasteiger partial charge in [0.2, 0.25) is 15.9 Å². The zero-order valence-corrected chi connectivity index (χ0v) is 17.5. The van der Waals surface area contributed by atoms with E-state index in [4.69, 9.17) is 4.74 Å². The third-order valence-electron chi connectivity index (χ3n) is 5.16. The molecule has 2 fully saturated rings. The number of hydrogen-bond donors (Lipinski definition) is 2. The molecule has 1 aliphatic heterocycles. The molecular weight excluding hydrogens is 394 g/mol. The summed E-state index contributed by atoms with van der Waals surface area (Å²) >= 11 is 0. The van der Waals surface area contributed by atoms with Crippen molar-refractivity contribution in [2.24, 2.45) is 5.92 Å². The smallest absolute Gasteiger partial charge is 0.324 e. The predicted octanol–water partition coefficient (Wildman–Crippen LogP) is 2.18. The van der Waals surface area contributed by atoms with Gasteiger partial charge in [0.05, 0.1) is 12.4 Å². The van der Waals surface area contributed by atoms with Crippen LogP contribution in [0.2, 0.25) is 0 Å². The number of nitrogens with one attached hydrogen (secondary N) is 2. The van der Waals surface area contributed by atoms with E-state index >= 15 is 0 Å². The average Bonchev–Trinajstić information content (AvgIpc) is 3.51. The van der Waals surface area contributed by atoms with Gasteiger partial charge in [0.1, 0.15) is 5.75 Å². The molecule has 0 spiro atoms. The fourth-order valence-electron chi connectivity index (χ4n) is 3.24. The highest BCUT2D eigenvalue weighted by molar-refractivity contribution is 7.89. The lowest BCUT2D eigenvalue weighted by atomic mass is 10.1. The Hall–Kier alpha value is -2.13. The summed E-state index contributed by atoms with van der Waals surface area (Å²) in [6.07, 6.45) is 3.59. The summed E-state index contributed by atoms with van der Waals surface area (Å²) in [5.41, 5.74) is 0.873. The summed E-state index contributed by atoms with van der Waals surface area (Å²) in [6, 6.07) is 6.78. The Morgan fingerprint density at radius 1 is 1.31 bits per heavy atom. The maximum atomic E-state index is 12.5. The lowest BCUT2D eigenvalue weighted by Gasteiger charge is -2.26. The van der Waals surface area contributed by atoms with Gasteiger partial charge in [-0.3, -0.25) is 10.1 Å². The van der Waals surface area contributed by atoms with Crippen LogP contribution in [0.4, 0.5) is 4.79 Å². The minimum absolute atomic E-state index is 0.0842. The molecule has 1 aliphatic carbocycles. The summed E-state index contributed by atoms with van der Waals surface area (Å²) in [5, 5.41) is 2.24. The molecule has 0 radical (unpaired) electrons. The molecule has 9 heteroatoms. The second kappa shape index (κ2) is 9.58. The van der Waals surface area contributed by atoms with Gasteiger partial charge in [-0.15, -0.1) is 0 Å². The minimum Gasteiger partial charge on any atom is -0.493 e. The highest BCUT2D eigenvalue weighted by atomic mass is 32.2. The molecular formula is C20H29N3O5S. The molecule has 0 bridgehead atoms. The van der Waals surface area contributed by atoms with E-state index in [-0.39, 0.29) is 24.1 Å². The van der Waals surface area contributed by atoms with Gasteiger partial charge >= 0.3 is 6.03 Å². The molecule has 2 aliphatic rings. The van der Waals surface area contributed by atoms with E-state index in [0.717, 1.165) is 11.3 Å². The third kappa shape index (κ3) is 6.71. The summed E-state index contributed by atoms with van der Waals surface area (Å²) in [6.45, 7) is 3.26. The number of hydrogen-bond acceptors (Lipinski definition) is 5. The van der Waals surface area contributed by atoms with Crippen molar-refractivity contribution in [2.75, 3.05) is 25.4 Å². The van der Waals surface area contributed by atoms with Crippen molar-refractivity contribution in [1.82, 2.24) is 14.9 Å². The standard InChI is InChI=1S/C20H29N3O5S/c1-2-18(16-5-3-6-17(13-16)28-14-15-7-8-15)22-29(26,27)12-4-10-23-11-9-19(24)21-20(23)25/h3,5-6,13,15,18,22H,2,4,7-12,14H2,1H3,(H,21,24,25)/t18-/m1/s1. The first-order chi connectivity index (χ1) is 13.9. The van der Waals surface area contributed by atoms with Gasteiger partial charge in [-0.2, -0.15) is 0 Å². The number of carbonyl (C=O) groups excluding carboxylic acids is 2. The normalized spacial score (nSPS) is 18.4. The van der Waals surface area contributed by atoms with Crippen molar-refractivity contribution in [3.63, 3.8) is 0 Å². The van der Waals surface area contributed by atoms with Crippen LogP contribution < -0.4 is 14.8 Å². The number of nitrogens with zero attached hydrogens (tertiary/aromatic N) is 1. The SMILES string of the molecule is CC[C@@H](NS(=O)(=O)CCCN1CCC(=O)NC1=O)c1cccc(OCC2CC2)c1. The Balaban J connectivity index is 1.51. The van der Waals surface area contributed by atoms with Crippen LogP contribution in [0, 0.1) is 5.92 Å². The predicted molar refractivity (Wildman–Crippen MR) is 109 cm³/mol. The second-order valence-corrected chi connectivity index (χ2v) is 9.54. The first-order valence-corrected chi connectivity index (χ1v) is 11.8. The number of urea groups is 1. The van der Waals surface area contributed by atoms with E-state index in [1.165, 1.54) is 17.7 Å². The molecule has 2 N–H and O–H groups in total. The molecule has 1 aromatic carbocycles. The first-order valence-electron chi connectivity index (χ1n) is 10.2. The van der Waals surface area contributed by atoms with E-state index < -0.39 is 16.1 Å².